The summed E-state index contributed by atoms with van der Waals surface area (Å²) in [4.78, 5) is 16.8. The summed E-state index contributed by atoms with van der Waals surface area (Å²) in [5.41, 5.74) is -1.07. The summed E-state index contributed by atoms with van der Waals surface area (Å²) >= 11 is 7.25. The predicted molar refractivity (Wildman–Crippen MR) is 106 cm³/mol. The van der Waals surface area contributed by atoms with Gasteiger partial charge in [0.05, 0.1) is 5.56 Å². The van der Waals surface area contributed by atoms with Crippen molar-refractivity contribution in [2.24, 2.45) is 0 Å². The number of hydrogen-bond donors (Lipinski definition) is 1. The van der Waals surface area contributed by atoms with Crippen molar-refractivity contribution in [1.82, 2.24) is 10.3 Å². The van der Waals surface area contributed by atoms with E-state index in [2.05, 4.69) is 10.3 Å². The Balaban J connectivity index is 2.01. The minimum atomic E-state index is -4.63. The number of carbonyl (C=O) groups excluding carboxylic acids is 1. The van der Waals surface area contributed by atoms with Crippen LogP contribution in [0.5, 0.6) is 0 Å². The van der Waals surface area contributed by atoms with Gasteiger partial charge in [0, 0.05) is 28.4 Å². The van der Waals surface area contributed by atoms with Crippen LogP contribution in [-0.2, 0) is 20.8 Å². The Bertz CT molecular complexity index is 961. The highest BCUT2D eigenvalue weighted by Crippen LogP contribution is 2.30. The topological polar surface area (TPSA) is 76.1 Å². The molecule has 0 atom stereocenters. The van der Waals surface area contributed by atoms with Crippen LogP contribution in [0.25, 0.3) is 0 Å². The van der Waals surface area contributed by atoms with Gasteiger partial charge in [-0.3, -0.25) is 4.79 Å². The van der Waals surface area contributed by atoms with Gasteiger partial charge in [0.2, 0.25) is 15.7 Å². The maximum atomic E-state index is 12.7. The molecule has 5 nitrogen and oxygen atoms in total. The van der Waals surface area contributed by atoms with Gasteiger partial charge in [0.1, 0.15) is 0 Å². The van der Waals surface area contributed by atoms with Crippen LogP contribution in [0.2, 0.25) is 5.02 Å². The molecule has 0 unspecified atom stereocenters. The number of pyridine rings is 1. The van der Waals surface area contributed by atoms with Gasteiger partial charge in [-0.05, 0) is 50.2 Å². The molecule has 0 saturated heterocycles. The average molecular weight is 467 g/mol. The van der Waals surface area contributed by atoms with Gasteiger partial charge in [-0.2, -0.15) is 13.2 Å². The number of alkyl halides is 3. The molecule has 158 valence electrons. The fourth-order valence-corrected chi connectivity index (χ4v) is 4.34. The molecular weight excluding hydrogens is 449 g/mol. The van der Waals surface area contributed by atoms with Crippen molar-refractivity contribution < 1.29 is 26.4 Å². The van der Waals surface area contributed by atoms with E-state index in [1.165, 1.54) is 25.6 Å². The van der Waals surface area contributed by atoms with Gasteiger partial charge in [-0.15, -0.1) is 11.8 Å². The van der Waals surface area contributed by atoms with E-state index in [4.69, 9.17) is 11.6 Å². The molecule has 0 aliphatic rings. The van der Waals surface area contributed by atoms with Crippen LogP contribution in [0.1, 0.15) is 19.4 Å². The molecule has 29 heavy (non-hydrogen) atoms. The fraction of sp³-hybridized carbons (Fsp3) is 0.333. The number of rotatable bonds is 7. The van der Waals surface area contributed by atoms with Crippen LogP contribution in [0.4, 0.5) is 13.2 Å². The molecule has 0 aliphatic carbocycles. The van der Waals surface area contributed by atoms with E-state index in [9.17, 15) is 26.4 Å². The summed E-state index contributed by atoms with van der Waals surface area (Å²) in [5, 5.41) is 2.55. The van der Waals surface area contributed by atoms with E-state index >= 15 is 0 Å². The highest BCUT2D eigenvalue weighted by molar-refractivity contribution is 7.99. The summed E-state index contributed by atoms with van der Waals surface area (Å²) < 4.78 is 61.4. The minimum absolute atomic E-state index is 0.200. The first-order valence-electron chi connectivity index (χ1n) is 8.30. The summed E-state index contributed by atoms with van der Waals surface area (Å²) in [6.07, 6.45) is -4.20. The highest BCUT2D eigenvalue weighted by atomic mass is 35.5. The van der Waals surface area contributed by atoms with Gasteiger partial charge in [-0.1, -0.05) is 11.6 Å². The lowest BCUT2D eigenvalue weighted by Crippen LogP contribution is -2.48. The Morgan fingerprint density at radius 1 is 1.14 bits per heavy atom. The van der Waals surface area contributed by atoms with Gasteiger partial charge >= 0.3 is 6.18 Å². The second-order valence-electron chi connectivity index (χ2n) is 6.45. The zero-order valence-corrected chi connectivity index (χ0v) is 17.8. The van der Waals surface area contributed by atoms with Crippen molar-refractivity contribution in [2.75, 3.05) is 12.3 Å². The minimum Gasteiger partial charge on any atom is -0.354 e. The van der Waals surface area contributed by atoms with Crippen molar-refractivity contribution in [3.05, 3.63) is 53.2 Å². The molecule has 0 aliphatic heterocycles. The van der Waals surface area contributed by atoms with E-state index in [-0.39, 0.29) is 6.54 Å². The first-order chi connectivity index (χ1) is 13.4. The standard InChI is InChI=1S/C18H18ClF3N2O3S2/c1-17(2,16(25)23-9-10-28-14-6-4-13(19)5-7-14)29(26,27)15-8-3-12(11-24-15)18(20,21)22/h3-8,11H,9-10H2,1-2H3,(H,23,25). The second-order valence-corrected chi connectivity index (χ2v) is 10.5. The summed E-state index contributed by atoms with van der Waals surface area (Å²) in [6.45, 7) is 2.57. The normalized spacial score (nSPS) is 12.6. The van der Waals surface area contributed by atoms with E-state index in [0.29, 0.717) is 23.0 Å². The molecule has 11 heteroatoms. The van der Waals surface area contributed by atoms with E-state index in [1.807, 2.05) is 12.1 Å². The number of nitrogens with zero attached hydrogens (tertiary/aromatic N) is 1. The number of amides is 1. The first kappa shape index (κ1) is 23.5. The van der Waals surface area contributed by atoms with Crippen molar-refractivity contribution in [3.63, 3.8) is 0 Å². The van der Waals surface area contributed by atoms with Crippen molar-refractivity contribution >= 4 is 39.1 Å². The smallest absolute Gasteiger partial charge is 0.354 e. The Labute approximate surface area is 176 Å². The van der Waals surface area contributed by atoms with Crippen LogP contribution in [-0.4, -0.2) is 36.4 Å². The van der Waals surface area contributed by atoms with Crippen molar-refractivity contribution in [1.29, 1.82) is 0 Å². The SMILES string of the molecule is CC(C)(C(=O)NCCSc1ccc(Cl)cc1)S(=O)(=O)c1ccc(C(F)(F)F)cn1. The number of benzene rings is 1. The number of carbonyl (C=O) groups is 1. The number of sulfone groups is 1. The monoisotopic (exact) mass is 466 g/mol. The van der Waals surface area contributed by atoms with E-state index < -0.39 is 37.3 Å². The molecule has 1 heterocycles. The molecule has 2 rings (SSSR count). The lowest BCUT2D eigenvalue weighted by Gasteiger charge is -2.23. The van der Waals surface area contributed by atoms with Gasteiger partial charge < -0.3 is 5.32 Å². The maximum absolute atomic E-state index is 12.7. The lowest BCUT2D eigenvalue weighted by atomic mass is 10.2. The first-order valence-corrected chi connectivity index (χ1v) is 11.1. The molecule has 0 bridgehead atoms. The zero-order chi connectivity index (χ0) is 21.9. The number of thioether (sulfide) groups is 1. The number of nitrogens with one attached hydrogen (secondary N) is 1. The molecule has 0 fully saturated rings. The molecule has 0 radical (unpaired) electrons. The third-order valence-corrected chi connectivity index (χ3v) is 7.61. The number of aromatic nitrogens is 1. The van der Waals surface area contributed by atoms with Crippen LogP contribution in [0.15, 0.2) is 52.5 Å². The summed E-state index contributed by atoms with van der Waals surface area (Å²) in [5.74, 6) is -0.280. The molecule has 1 aromatic heterocycles. The lowest BCUT2D eigenvalue weighted by molar-refractivity contribution is -0.137. The molecular formula is C18H18ClF3N2O3S2. The molecule has 1 N–H and O–H groups in total. The molecule has 2 aromatic rings. The Morgan fingerprint density at radius 2 is 1.76 bits per heavy atom. The van der Waals surface area contributed by atoms with Gasteiger partial charge in [-0.25, -0.2) is 13.4 Å². The van der Waals surface area contributed by atoms with Gasteiger partial charge in [0.15, 0.2) is 9.77 Å². The molecule has 1 aromatic carbocycles. The predicted octanol–water partition coefficient (Wildman–Crippen LogP) is 4.21. The highest BCUT2D eigenvalue weighted by Gasteiger charge is 2.44. The van der Waals surface area contributed by atoms with Crippen molar-refractivity contribution in [3.8, 4) is 0 Å². The van der Waals surface area contributed by atoms with Crippen molar-refractivity contribution in [2.45, 2.75) is 34.7 Å². The molecule has 0 spiro atoms. The Hall–Kier alpha value is -1.78. The third kappa shape index (κ3) is 5.64. The van der Waals surface area contributed by atoms with Crippen LogP contribution in [0.3, 0.4) is 0 Å². The second kappa shape index (κ2) is 8.93. The van der Waals surface area contributed by atoms with Crippen LogP contribution >= 0.6 is 23.4 Å². The van der Waals surface area contributed by atoms with Crippen LogP contribution < -0.4 is 5.32 Å². The van der Waals surface area contributed by atoms with Crippen LogP contribution in [0, 0.1) is 0 Å². The maximum Gasteiger partial charge on any atom is 0.417 e. The number of hydrogen-bond acceptors (Lipinski definition) is 5. The molecule has 1 amide bonds. The summed E-state index contributed by atoms with van der Waals surface area (Å²) in [7, 11) is -4.31. The third-order valence-electron chi connectivity index (χ3n) is 4.03. The fourth-order valence-electron chi connectivity index (χ4n) is 2.17. The molecule has 0 saturated carbocycles. The van der Waals surface area contributed by atoms with E-state index in [1.54, 1.807) is 12.1 Å². The van der Waals surface area contributed by atoms with E-state index in [0.717, 1.165) is 11.0 Å². The average Bonchev–Trinajstić information content (AvgIpc) is 2.65. The quantitative estimate of drug-likeness (QED) is 0.488. The largest absolute Gasteiger partial charge is 0.417 e. The number of halogens is 4. The van der Waals surface area contributed by atoms with Gasteiger partial charge in [0.25, 0.3) is 0 Å². The zero-order valence-electron chi connectivity index (χ0n) is 15.5. The summed E-state index contributed by atoms with van der Waals surface area (Å²) in [6, 6.07) is 8.48. The Morgan fingerprint density at radius 3 is 2.28 bits per heavy atom. The Kier molecular flexibility index (Phi) is 7.23.